The molecule has 0 saturated heterocycles. The Hall–Kier alpha value is -2.32. The average Bonchev–Trinajstić information content (AvgIpc) is 3.14. The van der Waals surface area contributed by atoms with Gasteiger partial charge in [0.2, 0.25) is 5.91 Å². The van der Waals surface area contributed by atoms with E-state index in [0.717, 1.165) is 17.4 Å². The standard InChI is InChI=1S/C16H14ClFN4O2S/c1-9-11(5-6-24-9)15-20-21-16(22(15)2)25-8-14(23)19-13-4-3-10(18)7-12(13)17/h3-7H,8H2,1-2H3,(H,19,23). The number of rotatable bonds is 5. The number of hydrogen-bond donors (Lipinski definition) is 1. The zero-order valence-corrected chi connectivity index (χ0v) is 15.0. The highest BCUT2D eigenvalue weighted by atomic mass is 35.5. The van der Waals surface area contributed by atoms with Gasteiger partial charge in [-0.25, -0.2) is 4.39 Å². The van der Waals surface area contributed by atoms with Gasteiger partial charge in [0.05, 0.1) is 28.3 Å². The van der Waals surface area contributed by atoms with Gasteiger partial charge in [-0.3, -0.25) is 4.79 Å². The molecule has 0 atom stereocenters. The van der Waals surface area contributed by atoms with E-state index in [0.29, 0.717) is 16.7 Å². The van der Waals surface area contributed by atoms with Crippen LogP contribution in [-0.4, -0.2) is 26.4 Å². The zero-order chi connectivity index (χ0) is 18.0. The van der Waals surface area contributed by atoms with Gasteiger partial charge in [-0.1, -0.05) is 23.4 Å². The highest BCUT2D eigenvalue weighted by molar-refractivity contribution is 7.99. The summed E-state index contributed by atoms with van der Waals surface area (Å²) in [6.45, 7) is 1.84. The molecule has 0 aliphatic rings. The van der Waals surface area contributed by atoms with Gasteiger partial charge in [0.25, 0.3) is 0 Å². The molecular weight excluding hydrogens is 367 g/mol. The number of carbonyl (C=O) groups excluding carboxylic acids is 1. The monoisotopic (exact) mass is 380 g/mol. The number of thioether (sulfide) groups is 1. The molecule has 1 amide bonds. The number of anilines is 1. The Morgan fingerprint density at radius 2 is 2.20 bits per heavy atom. The van der Waals surface area contributed by atoms with Crippen molar-refractivity contribution in [2.75, 3.05) is 11.1 Å². The minimum Gasteiger partial charge on any atom is -0.469 e. The fourth-order valence-electron chi connectivity index (χ4n) is 2.20. The molecule has 0 radical (unpaired) electrons. The summed E-state index contributed by atoms with van der Waals surface area (Å²) >= 11 is 7.13. The first kappa shape index (κ1) is 17.5. The van der Waals surface area contributed by atoms with Crippen molar-refractivity contribution in [3.63, 3.8) is 0 Å². The lowest BCUT2D eigenvalue weighted by molar-refractivity contribution is -0.113. The second kappa shape index (κ2) is 7.28. The van der Waals surface area contributed by atoms with E-state index in [1.165, 1.54) is 23.9 Å². The number of nitrogens with zero attached hydrogens (tertiary/aromatic N) is 3. The largest absolute Gasteiger partial charge is 0.469 e. The Bertz CT molecular complexity index is 925. The van der Waals surface area contributed by atoms with Gasteiger partial charge in [-0.05, 0) is 31.2 Å². The number of amides is 1. The van der Waals surface area contributed by atoms with Crippen LogP contribution >= 0.6 is 23.4 Å². The molecule has 0 aliphatic carbocycles. The summed E-state index contributed by atoms with van der Waals surface area (Å²) in [5.41, 5.74) is 1.21. The van der Waals surface area contributed by atoms with Gasteiger partial charge in [-0.2, -0.15) is 0 Å². The van der Waals surface area contributed by atoms with E-state index in [2.05, 4.69) is 15.5 Å². The van der Waals surface area contributed by atoms with E-state index < -0.39 is 5.82 Å². The topological polar surface area (TPSA) is 72.9 Å². The molecule has 0 saturated carbocycles. The fraction of sp³-hybridized carbons (Fsp3) is 0.188. The molecule has 3 rings (SSSR count). The van der Waals surface area contributed by atoms with Crippen LogP contribution in [0.2, 0.25) is 5.02 Å². The first-order valence-corrected chi connectivity index (χ1v) is 8.63. The predicted octanol–water partition coefficient (Wildman–Crippen LogP) is 3.91. The number of carbonyl (C=O) groups is 1. The normalized spacial score (nSPS) is 10.9. The number of furan rings is 1. The van der Waals surface area contributed by atoms with Crippen molar-refractivity contribution >= 4 is 35.0 Å². The van der Waals surface area contributed by atoms with Crippen LogP contribution in [0, 0.1) is 12.7 Å². The Morgan fingerprint density at radius 1 is 1.40 bits per heavy atom. The van der Waals surface area contributed by atoms with Gasteiger partial charge in [0.1, 0.15) is 11.6 Å². The van der Waals surface area contributed by atoms with Crippen molar-refractivity contribution in [3.05, 3.63) is 47.1 Å². The number of nitrogens with one attached hydrogen (secondary N) is 1. The number of benzene rings is 1. The summed E-state index contributed by atoms with van der Waals surface area (Å²) in [5, 5.41) is 11.6. The van der Waals surface area contributed by atoms with Crippen LogP contribution in [0.3, 0.4) is 0 Å². The second-order valence-electron chi connectivity index (χ2n) is 5.22. The van der Waals surface area contributed by atoms with Crippen LogP contribution < -0.4 is 5.32 Å². The molecule has 1 N–H and O–H groups in total. The van der Waals surface area contributed by atoms with Crippen LogP contribution in [0.5, 0.6) is 0 Å². The summed E-state index contributed by atoms with van der Waals surface area (Å²) < 4.78 is 20.1. The van der Waals surface area contributed by atoms with E-state index in [4.69, 9.17) is 16.0 Å². The van der Waals surface area contributed by atoms with Crippen LogP contribution in [0.15, 0.2) is 40.1 Å². The highest BCUT2D eigenvalue weighted by Crippen LogP contribution is 2.26. The lowest BCUT2D eigenvalue weighted by Gasteiger charge is -2.07. The molecule has 0 fully saturated rings. The summed E-state index contributed by atoms with van der Waals surface area (Å²) in [6.07, 6.45) is 1.59. The maximum Gasteiger partial charge on any atom is 0.234 e. The second-order valence-corrected chi connectivity index (χ2v) is 6.57. The molecule has 2 aromatic heterocycles. The maximum atomic E-state index is 13.0. The molecular formula is C16H14ClFN4O2S. The third-order valence-electron chi connectivity index (χ3n) is 3.47. The average molecular weight is 381 g/mol. The summed E-state index contributed by atoms with van der Waals surface area (Å²) in [5.74, 6) is 0.789. The third kappa shape index (κ3) is 3.85. The zero-order valence-electron chi connectivity index (χ0n) is 13.4. The van der Waals surface area contributed by atoms with E-state index in [-0.39, 0.29) is 16.7 Å². The van der Waals surface area contributed by atoms with Crippen molar-refractivity contribution < 1.29 is 13.6 Å². The number of hydrogen-bond acceptors (Lipinski definition) is 5. The number of halogens is 2. The molecule has 3 aromatic rings. The lowest BCUT2D eigenvalue weighted by Crippen LogP contribution is -2.14. The first-order valence-electron chi connectivity index (χ1n) is 7.27. The van der Waals surface area contributed by atoms with Crippen molar-refractivity contribution in [1.29, 1.82) is 0 Å². The van der Waals surface area contributed by atoms with E-state index in [9.17, 15) is 9.18 Å². The van der Waals surface area contributed by atoms with Crippen LogP contribution in [0.4, 0.5) is 10.1 Å². The summed E-state index contributed by atoms with van der Waals surface area (Å²) in [4.78, 5) is 12.1. The SMILES string of the molecule is Cc1occc1-c1nnc(SCC(=O)Nc2ccc(F)cc2Cl)n1C. The van der Waals surface area contributed by atoms with Crippen molar-refractivity contribution in [1.82, 2.24) is 14.8 Å². The number of aromatic nitrogens is 3. The quantitative estimate of drug-likeness (QED) is 0.679. The molecule has 6 nitrogen and oxygen atoms in total. The summed E-state index contributed by atoms with van der Waals surface area (Å²) in [6, 6.07) is 5.61. The van der Waals surface area contributed by atoms with Gasteiger partial charge in [0.15, 0.2) is 11.0 Å². The first-order chi connectivity index (χ1) is 12.0. The van der Waals surface area contributed by atoms with Crippen LogP contribution in [-0.2, 0) is 11.8 Å². The molecule has 2 heterocycles. The molecule has 0 spiro atoms. The minimum atomic E-state index is -0.460. The lowest BCUT2D eigenvalue weighted by atomic mass is 10.2. The van der Waals surface area contributed by atoms with E-state index in [1.54, 1.807) is 10.8 Å². The Morgan fingerprint density at radius 3 is 2.88 bits per heavy atom. The van der Waals surface area contributed by atoms with Crippen LogP contribution in [0.1, 0.15) is 5.76 Å². The third-order valence-corrected chi connectivity index (χ3v) is 4.81. The smallest absolute Gasteiger partial charge is 0.234 e. The summed E-state index contributed by atoms with van der Waals surface area (Å²) in [7, 11) is 1.82. The maximum absolute atomic E-state index is 13.0. The van der Waals surface area contributed by atoms with Crippen molar-refractivity contribution in [2.24, 2.45) is 7.05 Å². The molecule has 0 bridgehead atoms. The number of aryl methyl sites for hydroxylation is 1. The Kier molecular flexibility index (Phi) is 5.10. The Balaban J connectivity index is 1.65. The Labute approximate surface area is 152 Å². The van der Waals surface area contributed by atoms with E-state index in [1.807, 2.05) is 20.0 Å². The highest BCUT2D eigenvalue weighted by Gasteiger charge is 2.16. The molecule has 130 valence electrons. The van der Waals surface area contributed by atoms with Crippen molar-refractivity contribution in [3.8, 4) is 11.4 Å². The van der Waals surface area contributed by atoms with Crippen molar-refractivity contribution in [2.45, 2.75) is 12.1 Å². The molecule has 1 aromatic carbocycles. The molecule has 0 unspecified atom stereocenters. The fourth-order valence-corrected chi connectivity index (χ4v) is 3.12. The predicted molar refractivity (Wildman–Crippen MR) is 94.2 cm³/mol. The van der Waals surface area contributed by atoms with Gasteiger partial charge >= 0.3 is 0 Å². The minimum absolute atomic E-state index is 0.115. The van der Waals surface area contributed by atoms with Gasteiger partial charge < -0.3 is 14.3 Å². The molecule has 25 heavy (non-hydrogen) atoms. The van der Waals surface area contributed by atoms with E-state index >= 15 is 0 Å². The molecule has 0 aliphatic heterocycles. The molecule has 9 heteroatoms. The van der Waals surface area contributed by atoms with Gasteiger partial charge in [-0.15, -0.1) is 10.2 Å². The van der Waals surface area contributed by atoms with Gasteiger partial charge in [0, 0.05) is 7.05 Å². The van der Waals surface area contributed by atoms with Crippen LogP contribution in [0.25, 0.3) is 11.4 Å².